The standard InChI is InChI=1S/C14H20N2O2/c1-4-16(8-11-5-6-11)13-12(14(17)18)9(2)7-10(3)15-13/h7,11H,4-6,8H2,1-3H3,(H,17,18). The number of carboxylic acid groups (broad SMARTS) is 1. The van der Waals surface area contributed by atoms with Crippen molar-refractivity contribution in [1.82, 2.24) is 4.98 Å². The fraction of sp³-hybridized carbons (Fsp3) is 0.571. The molecule has 0 radical (unpaired) electrons. The topological polar surface area (TPSA) is 53.4 Å². The molecule has 18 heavy (non-hydrogen) atoms. The Morgan fingerprint density at radius 1 is 1.50 bits per heavy atom. The first kappa shape index (κ1) is 12.9. The van der Waals surface area contributed by atoms with Gasteiger partial charge in [-0.1, -0.05) is 0 Å². The van der Waals surface area contributed by atoms with Crippen LogP contribution in [-0.2, 0) is 0 Å². The van der Waals surface area contributed by atoms with Crippen molar-refractivity contribution in [2.24, 2.45) is 5.92 Å². The lowest BCUT2D eigenvalue weighted by atomic mass is 10.1. The summed E-state index contributed by atoms with van der Waals surface area (Å²) in [5.74, 6) is 0.466. The Bertz CT molecular complexity index is 467. The maximum atomic E-state index is 11.4. The van der Waals surface area contributed by atoms with Crippen molar-refractivity contribution in [3.8, 4) is 0 Å². The molecule has 0 spiro atoms. The van der Waals surface area contributed by atoms with Gasteiger partial charge in [0.1, 0.15) is 11.4 Å². The minimum absolute atomic E-state index is 0.350. The van der Waals surface area contributed by atoms with Gasteiger partial charge in [-0.25, -0.2) is 9.78 Å². The van der Waals surface area contributed by atoms with Crippen molar-refractivity contribution in [2.45, 2.75) is 33.6 Å². The zero-order chi connectivity index (χ0) is 13.3. The average molecular weight is 248 g/mol. The van der Waals surface area contributed by atoms with Gasteiger partial charge in [-0.15, -0.1) is 0 Å². The fourth-order valence-electron chi connectivity index (χ4n) is 2.29. The summed E-state index contributed by atoms with van der Waals surface area (Å²) in [6.45, 7) is 7.52. The number of rotatable bonds is 5. The number of anilines is 1. The molecule has 0 unspecified atom stereocenters. The minimum atomic E-state index is -0.885. The van der Waals surface area contributed by atoms with E-state index in [4.69, 9.17) is 0 Å². The maximum absolute atomic E-state index is 11.4. The summed E-state index contributed by atoms with van der Waals surface area (Å²) in [6, 6.07) is 1.83. The van der Waals surface area contributed by atoms with Crippen molar-refractivity contribution >= 4 is 11.8 Å². The summed E-state index contributed by atoms with van der Waals surface area (Å²) >= 11 is 0. The molecule has 0 aliphatic heterocycles. The third-order valence-corrected chi connectivity index (χ3v) is 3.40. The molecule has 0 saturated heterocycles. The maximum Gasteiger partial charge on any atom is 0.339 e. The summed E-state index contributed by atoms with van der Waals surface area (Å²) in [4.78, 5) is 18.0. The van der Waals surface area contributed by atoms with Gasteiger partial charge in [0.15, 0.2) is 0 Å². The summed E-state index contributed by atoms with van der Waals surface area (Å²) in [5.41, 5.74) is 2.02. The van der Waals surface area contributed by atoms with Crippen LogP contribution in [-0.4, -0.2) is 29.1 Å². The van der Waals surface area contributed by atoms with E-state index in [0.29, 0.717) is 17.3 Å². The molecule has 0 amide bonds. The van der Waals surface area contributed by atoms with Crippen LogP contribution in [0.3, 0.4) is 0 Å². The lowest BCUT2D eigenvalue weighted by molar-refractivity contribution is 0.0696. The predicted octanol–water partition coefficient (Wildman–Crippen LogP) is 2.63. The molecular formula is C14H20N2O2. The fourth-order valence-corrected chi connectivity index (χ4v) is 2.29. The molecule has 1 aromatic heterocycles. The minimum Gasteiger partial charge on any atom is -0.478 e. The SMILES string of the molecule is CCN(CC1CC1)c1nc(C)cc(C)c1C(=O)O. The first-order valence-electron chi connectivity index (χ1n) is 6.49. The van der Waals surface area contributed by atoms with Gasteiger partial charge in [-0.2, -0.15) is 0 Å². The van der Waals surface area contributed by atoms with E-state index in [2.05, 4.69) is 9.88 Å². The van der Waals surface area contributed by atoms with Crippen LogP contribution >= 0.6 is 0 Å². The molecule has 1 aromatic rings. The summed E-state index contributed by atoms with van der Waals surface area (Å²) in [6.07, 6.45) is 2.51. The largest absolute Gasteiger partial charge is 0.478 e. The number of nitrogens with zero attached hydrogens (tertiary/aromatic N) is 2. The van der Waals surface area contributed by atoms with E-state index in [9.17, 15) is 9.90 Å². The second-order valence-corrected chi connectivity index (χ2v) is 5.07. The van der Waals surface area contributed by atoms with Gasteiger partial charge in [0.05, 0.1) is 0 Å². The number of pyridine rings is 1. The van der Waals surface area contributed by atoms with Gasteiger partial charge in [0.2, 0.25) is 0 Å². The third-order valence-electron chi connectivity index (χ3n) is 3.40. The smallest absolute Gasteiger partial charge is 0.339 e. The first-order chi connectivity index (χ1) is 8.52. The first-order valence-corrected chi connectivity index (χ1v) is 6.49. The van der Waals surface area contributed by atoms with Crippen LogP contribution in [0.5, 0.6) is 0 Å². The predicted molar refractivity (Wildman–Crippen MR) is 71.3 cm³/mol. The molecule has 1 aliphatic carbocycles. The van der Waals surface area contributed by atoms with Gasteiger partial charge in [-0.05, 0) is 51.2 Å². The number of aromatic nitrogens is 1. The summed E-state index contributed by atoms with van der Waals surface area (Å²) < 4.78 is 0. The Hall–Kier alpha value is -1.58. The summed E-state index contributed by atoms with van der Waals surface area (Å²) in [7, 11) is 0. The Labute approximate surface area is 108 Å². The number of hydrogen-bond acceptors (Lipinski definition) is 3. The Kier molecular flexibility index (Phi) is 3.55. The van der Waals surface area contributed by atoms with Crippen LogP contribution in [0.15, 0.2) is 6.07 Å². The highest BCUT2D eigenvalue weighted by molar-refractivity contribution is 5.95. The number of aryl methyl sites for hydroxylation is 2. The molecule has 4 heteroatoms. The Morgan fingerprint density at radius 3 is 2.67 bits per heavy atom. The van der Waals surface area contributed by atoms with Crippen molar-refractivity contribution in [3.63, 3.8) is 0 Å². The number of carboxylic acids is 1. The molecule has 1 heterocycles. The van der Waals surface area contributed by atoms with Crippen molar-refractivity contribution in [2.75, 3.05) is 18.0 Å². The van der Waals surface area contributed by atoms with Crippen LogP contribution in [0, 0.1) is 19.8 Å². The second-order valence-electron chi connectivity index (χ2n) is 5.07. The van der Waals surface area contributed by atoms with E-state index in [1.807, 2.05) is 26.8 Å². The lowest BCUT2D eigenvalue weighted by Gasteiger charge is -2.24. The van der Waals surface area contributed by atoms with Gasteiger partial charge in [-0.3, -0.25) is 0 Å². The zero-order valence-corrected chi connectivity index (χ0v) is 11.2. The second kappa shape index (κ2) is 4.96. The normalized spacial score (nSPS) is 14.6. The summed E-state index contributed by atoms with van der Waals surface area (Å²) in [5, 5.41) is 9.36. The van der Waals surface area contributed by atoms with E-state index in [1.165, 1.54) is 12.8 Å². The number of aromatic carboxylic acids is 1. The molecule has 98 valence electrons. The van der Waals surface area contributed by atoms with Gasteiger partial charge >= 0.3 is 5.97 Å². The molecule has 1 fully saturated rings. The zero-order valence-electron chi connectivity index (χ0n) is 11.2. The van der Waals surface area contributed by atoms with Crippen LogP contribution in [0.2, 0.25) is 0 Å². The molecule has 0 atom stereocenters. The van der Waals surface area contributed by atoms with E-state index < -0.39 is 5.97 Å². The lowest BCUT2D eigenvalue weighted by Crippen LogP contribution is -2.28. The molecule has 2 rings (SSSR count). The Morgan fingerprint density at radius 2 is 2.17 bits per heavy atom. The molecule has 4 nitrogen and oxygen atoms in total. The molecule has 0 aromatic carbocycles. The van der Waals surface area contributed by atoms with E-state index in [0.717, 1.165) is 24.3 Å². The van der Waals surface area contributed by atoms with Crippen LogP contribution in [0.1, 0.15) is 41.4 Å². The number of carbonyl (C=O) groups is 1. The molecular weight excluding hydrogens is 228 g/mol. The molecule has 1 N–H and O–H groups in total. The van der Waals surface area contributed by atoms with Crippen molar-refractivity contribution in [3.05, 3.63) is 22.9 Å². The van der Waals surface area contributed by atoms with Crippen LogP contribution < -0.4 is 4.90 Å². The van der Waals surface area contributed by atoms with Crippen molar-refractivity contribution < 1.29 is 9.90 Å². The highest BCUT2D eigenvalue weighted by Gasteiger charge is 2.27. The van der Waals surface area contributed by atoms with Gasteiger partial charge in [0, 0.05) is 18.8 Å². The monoisotopic (exact) mass is 248 g/mol. The van der Waals surface area contributed by atoms with E-state index in [1.54, 1.807) is 0 Å². The number of hydrogen-bond donors (Lipinski definition) is 1. The van der Waals surface area contributed by atoms with Crippen LogP contribution in [0.4, 0.5) is 5.82 Å². The van der Waals surface area contributed by atoms with Crippen molar-refractivity contribution in [1.29, 1.82) is 0 Å². The molecule has 0 bridgehead atoms. The van der Waals surface area contributed by atoms with E-state index in [-0.39, 0.29) is 0 Å². The molecule has 1 saturated carbocycles. The molecule has 1 aliphatic rings. The third kappa shape index (κ3) is 2.63. The van der Waals surface area contributed by atoms with Gasteiger partial charge in [0.25, 0.3) is 0 Å². The van der Waals surface area contributed by atoms with Crippen LogP contribution in [0.25, 0.3) is 0 Å². The highest BCUT2D eigenvalue weighted by atomic mass is 16.4. The Balaban J connectivity index is 2.41. The quantitative estimate of drug-likeness (QED) is 0.870. The average Bonchev–Trinajstić information content (AvgIpc) is 3.07. The van der Waals surface area contributed by atoms with Gasteiger partial charge < -0.3 is 10.0 Å². The van der Waals surface area contributed by atoms with E-state index >= 15 is 0 Å². The highest BCUT2D eigenvalue weighted by Crippen LogP contribution is 2.32.